The van der Waals surface area contributed by atoms with Crippen LogP contribution in [-0.4, -0.2) is 53.9 Å². The van der Waals surface area contributed by atoms with Gasteiger partial charge in [-0.25, -0.2) is 4.98 Å². The first-order valence-electron chi connectivity index (χ1n) is 10.0. The summed E-state index contributed by atoms with van der Waals surface area (Å²) in [5, 5.41) is 6.26. The number of rotatable bonds is 8. The van der Waals surface area contributed by atoms with Crippen molar-refractivity contribution >= 4 is 35.8 Å². The molecular weight excluding hydrogens is 503 g/mol. The summed E-state index contributed by atoms with van der Waals surface area (Å²) in [6.07, 6.45) is 2.65. The number of carbonyl (C=O) groups is 1. The van der Waals surface area contributed by atoms with Crippen molar-refractivity contribution in [3.05, 3.63) is 78.2 Å². The highest BCUT2D eigenvalue weighted by Crippen LogP contribution is 2.16. The predicted molar refractivity (Wildman–Crippen MR) is 136 cm³/mol. The molecule has 0 aliphatic heterocycles. The van der Waals surface area contributed by atoms with Crippen molar-refractivity contribution in [3.8, 4) is 11.3 Å². The van der Waals surface area contributed by atoms with Gasteiger partial charge in [0, 0.05) is 32.7 Å². The second-order valence-electron chi connectivity index (χ2n) is 6.92. The van der Waals surface area contributed by atoms with Crippen molar-refractivity contribution < 1.29 is 4.79 Å². The van der Waals surface area contributed by atoms with Crippen LogP contribution in [0.2, 0.25) is 0 Å². The molecule has 0 fully saturated rings. The van der Waals surface area contributed by atoms with Gasteiger partial charge in [-0.3, -0.25) is 9.79 Å². The topological polar surface area (TPSA) is 85.4 Å². The highest BCUT2D eigenvalue weighted by atomic mass is 127. The Balaban J connectivity index is 0.00000341. The van der Waals surface area contributed by atoms with Crippen molar-refractivity contribution in [1.82, 2.24) is 25.5 Å². The first-order chi connectivity index (χ1) is 14.7. The van der Waals surface area contributed by atoms with Gasteiger partial charge < -0.3 is 20.5 Å². The maximum absolute atomic E-state index is 12.0. The normalized spacial score (nSPS) is 10.8. The number of benzene rings is 2. The lowest BCUT2D eigenvalue weighted by Crippen LogP contribution is -2.40. The number of aliphatic imine (C=N–C) groups is 1. The van der Waals surface area contributed by atoms with Crippen LogP contribution in [0.25, 0.3) is 11.3 Å². The van der Waals surface area contributed by atoms with Gasteiger partial charge in [0.15, 0.2) is 5.96 Å². The Labute approximate surface area is 200 Å². The average Bonchev–Trinajstić information content (AvgIpc) is 3.25. The highest BCUT2D eigenvalue weighted by Gasteiger charge is 2.10. The smallest absolute Gasteiger partial charge is 0.251 e. The molecule has 1 heterocycles. The summed E-state index contributed by atoms with van der Waals surface area (Å²) < 4.78 is 0. The lowest BCUT2D eigenvalue weighted by atomic mass is 10.2. The van der Waals surface area contributed by atoms with Gasteiger partial charge in [-0.15, -0.1) is 24.0 Å². The maximum Gasteiger partial charge on any atom is 0.251 e. The highest BCUT2D eigenvalue weighted by molar-refractivity contribution is 14.0. The quantitative estimate of drug-likeness (QED) is 0.180. The number of imidazole rings is 1. The van der Waals surface area contributed by atoms with Crippen LogP contribution in [-0.2, 0) is 6.54 Å². The number of halogens is 1. The number of carbonyl (C=O) groups excluding carboxylic acids is 1. The minimum Gasteiger partial charge on any atom is -0.356 e. The molecule has 3 N–H and O–H groups in total. The molecular formula is C23H29IN6O. The van der Waals surface area contributed by atoms with Crippen molar-refractivity contribution in [2.75, 3.05) is 27.2 Å². The van der Waals surface area contributed by atoms with Gasteiger partial charge in [-0.2, -0.15) is 0 Å². The average molecular weight is 532 g/mol. The summed E-state index contributed by atoms with van der Waals surface area (Å²) in [6.45, 7) is 1.91. The number of hydrogen-bond acceptors (Lipinski definition) is 3. The van der Waals surface area contributed by atoms with Crippen LogP contribution in [0.1, 0.15) is 22.6 Å². The molecule has 3 rings (SSSR count). The van der Waals surface area contributed by atoms with Gasteiger partial charge in [0.2, 0.25) is 0 Å². The molecule has 0 aliphatic rings. The Morgan fingerprint density at radius 3 is 2.35 bits per heavy atom. The van der Waals surface area contributed by atoms with E-state index < -0.39 is 0 Å². The molecule has 0 bridgehead atoms. The number of H-pyrrole nitrogens is 1. The van der Waals surface area contributed by atoms with E-state index in [2.05, 4.69) is 37.7 Å². The second kappa shape index (κ2) is 12.7. The molecule has 164 valence electrons. The zero-order valence-electron chi connectivity index (χ0n) is 17.8. The van der Waals surface area contributed by atoms with E-state index in [4.69, 9.17) is 0 Å². The van der Waals surface area contributed by atoms with E-state index in [-0.39, 0.29) is 29.9 Å². The Morgan fingerprint density at radius 2 is 1.68 bits per heavy atom. The first kappa shape index (κ1) is 24.4. The number of nitrogens with zero attached hydrogens (tertiary/aromatic N) is 3. The maximum atomic E-state index is 12.0. The molecule has 0 aliphatic carbocycles. The van der Waals surface area contributed by atoms with E-state index in [1.54, 1.807) is 7.05 Å². The van der Waals surface area contributed by atoms with Crippen LogP contribution in [0.15, 0.2) is 71.9 Å². The summed E-state index contributed by atoms with van der Waals surface area (Å²) in [6, 6.07) is 19.4. The fraction of sp³-hybridized carbons (Fsp3) is 0.261. The van der Waals surface area contributed by atoms with Crippen molar-refractivity contribution in [2.24, 2.45) is 4.99 Å². The van der Waals surface area contributed by atoms with Gasteiger partial charge in [0.25, 0.3) is 5.91 Å². The van der Waals surface area contributed by atoms with E-state index in [1.807, 2.05) is 66.7 Å². The molecule has 7 nitrogen and oxygen atoms in total. The van der Waals surface area contributed by atoms with Gasteiger partial charge in [0.1, 0.15) is 5.82 Å². The Bertz CT molecular complexity index is 958. The molecule has 0 radical (unpaired) electrons. The summed E-state index contributed by atoms with van der Waals surface area (Å²) in [7, 11) is 3.73. The molecule has 0 saturated heterocycles. The summed E-state index contributed by atoms with van der Waals surface area (Å²) >= 11 is 0. The van der Waals surface area contributed by atoms with E-state index in [0.717, 1.165) is 29.5 Å². The van der Waals surface area contributed by atoms with Gasteiger partial charge in [-0.1, -0.05) is 48.5 Å². The standard InChI is InChI=1S/C23H28N6O.HI/c1-24-23(26-15-9-14-25-22(30)19-12-7-4-8-13-19)29(2)17-21-27-16-20(28-21)18-10-5-3-6-11-18;/h3-8,10-13,16H,9,14-15,17H2,1-2H3,(H,24,26)(H,25,30)(H,27,28);1H. The predicted octanol–water partition coefficient (Wildman–Crippen LogP) is 3.52. The number of amides is 1. The van der Waals surface area contributed by atoms with Crippen molar-refractivity contribution in [1.29, 1.82) is 0 Å². The lowest BCUT2D eigenvalue weighted by Gasteiger charge is -2.21. The fourth-order valence-electron chi connectivity index (χ4n) is 3.07. The first-order valence-corrected chi connectivity index (χ1v) is 10.0. The molecule has 0 saturated carbocycles. The number of nitrogens with one attached hydrogen (secondary N) is 3. The largest absolute Gasteiger partial charge is 0.356 e. The molecule has 2 aromatic carbocycles. The van der Waals surface area contributed by atoms with E-state index in [0.29, 0.717) is 25.2 Å². The monoisotopic (exact) mass is 532 g/mol. The molecule has 1 aromatic heterocycles. The molecule has 0 atom stereocenters. The molecule has 31 heavy (non-hydrogen) atoms. The van der Waals surface area contributed by atoms with E-state index in [1.165, 1.54) is 0 Å². The molecule has 1 amide bonds. The minimum atomic E-state index is -0.0517. The van der Waals surface area contributed by atoms with Crippen molar-refractivity contribution in [2.45, 2.75) is 13.0 Å². The summed E-state index contributed by atoms with van der Waals surface area (Å²) in [4.78, 5) is 26.2. The number of hydrogen-bond donors (Lipinski definition) is 3. The zero-order chi connectivity index (χ0) is 21.2. The molecule has 0 unspecified atom stereocenters. The summed E-state index contributed by atoms with van der Waals surface area (Å²) in [5.41, 5.74) is 2.78. The van der Waals surface area contributed by atoms with Crippen LogP contribution in [0.4, 0.5) is 0 Å². The fourth-order valence-corrected chi connectivity index (χ4v) is 3.07. The van der Waals surface area contributed by atoms with Crippen molar-refractivity contribution in [3.63, 3.8) is 0 Å². The number of aromatic amines is 1. The Kier molecular flexibility index (Phi) is 10.0. The van der Waals surface area contributed by atoms with Crippen LogP contribution in [0.5, 0.6) is 0 Å². The van der Waals surface area contributed by atoms with Crippen LogP contribution in [0.3, 0.4) is 0 Å². The summed E-state index contributed by atoms with van der Waals surface area (Å²) in [5.74, 6) is 1.60. The van der Waals surface area contributed by atoms with Gasteiger partial charge in [0.05, 0.1) is 18.4 Å². The van der Waals surface area contributed by atoms with Crippen LogP contribution < -0.4 is 10.6 Å². The van der Waals surface area contributed by atoms with Gasteiger partial charge >= 0.3 is 0 Å². The Morgan fingerprint density at radius 1 is 1.03 bits per heavy atom. The minimum absolute atomic E-state index is 0. The second-order valence-corrected chi connectivity index (χ2v) is 6.92. The molecule has 8 heteroatoms. The third kappa shape index (κ3) is 7.39. The Hall–Kier alpha value is -2.88. The SMILES string of the molecule is CN=C(NCCCNC(=O)c1ccccc1)N(C)Cc1ncc(-c2ccccc2)[nH]1.I. The zero-order valence-corrected chi connectivity index (χ0v) is 20.2. The third-order valence-electron chi connectivity index (χ3n) is 4.63. The number of aromatic nitrogens is 2. The third-order valence-corrected chi connectivity index (χ3v) is 4.63. The van der Waals surface area contributed by atoms with Crippen LogP contribution >= 0.6 is 24.0 Å². The number of guanidine groups is 1. The van der Waals surface area contributed by atoms with E-state index >= 15 is 0 Å². The molecule has 3 aromatic rings. The molecule has 0 spiro atoms. The van der Waals surface area contributed by atoms with Crippen LogP contribution in [0, 0.1) is 0 Å². The lowest BCUT2D eigenvalue weighted by molar-refractivity contribution is 0.0953. The van der Waals surface area contributed by atoms with E-state index in [9.17, 15) is 4.79 Å². The van der Waals surface area contributed by atoms with Gasteiger partial charge in [-0.05, 0) is 24.1 Å².